The molecule has 0 spiro atoms. The van der Waals surface area contributed by atoms with Gasteiger partial charge < -0.3 is 10.1 Å². The summed E-state index contributed by atoms with van der Waals surface area (Å²) in [6.45, 7) is 3.79. The molecule has 0 unspecified atom stereocenters. The molecule has 7 nitrogen and oxygen atoms in total. The van der Waals surface area contributed by atoms with Crippen LogP contribution in [0.3, 0.4) is 0 Å². The van der Waals surface area contributed by atoms with E-state index >= 15 is 0 Å². The van der Waals surface area contributed by atoms with Crippen molar-refractivity contribution in [2.75, 3.05) is 11.9 Å². The second kappa shape index (κ2) is 7.48. The maximum absolute atomic E-state index is 12.2. The molecular formula is C21H19N5O2. The van der Waals surface area contributed by atoms with Gasteiger partial charge in [-0.3, -0.25) is 4.79 Å². The van der Waals surface area contributed by atoms with Crippen LogP contribution in [-0.4, -0.2) is 32.3 Å². The molecular weight excluding hydrogens is 354 g/mol. The third kappa shape index (κ3) is 3.83. The number of carbonyl (C=O) groups excluding carboxylic acids is 1. The lowest BCUT2D eigenvalue weighted by Gasteiger charge is -2.09. The van der Waals surface area contributed by atoms with Gasteiger partial charge in [-0.05, 0) is 50.2 Å². The quantitative estimate of drug-likeness (QED) is 0.580. The van der Waals surface area contributed by atoms with Crippen LogP contribution in [0.15, 0.2) is 60.7 Å². The Balaban J connectivity index is 1.46. The molecule has 0 saturated carbocycles. The molecule has 0 bridgehead atoms. The smallest absolute Gasteiger partial charge is 0.262 e. The van der Waals surface area contributed by atoms with Crippen LogP contribution in [0.1, 0.15) is 11.4 Å². The summed E-state index contributed by atoms with van der Waals surface area (Å²) in [5.74, 6) is 1.15. The van der Waals surface area contributed by atoms with Crippen molar-refractivity contribution in [1.82, 2.24) is 19.8 Å². The highest BCUT2D eigenvalue weighted by molar-refractivity contribution is 5.92. The Labute approximate surface area is 162 Å². The minimum atomic E-state index is -0.226. The van der Waals surface area contributed by atoms with Crippen molar-refractivity contribution in [2.24, 2.45) is 0 Å². The summed E-state index contributed by atoms with van der Waals surface area (Å²) in [7, 11) is 0. The number of fused-ring (bicyclic) bond motifs is 1. The van der Waals surface area contributed by atoms with Gasteiger partial charge in [-0.25, -0.2) is 0 Å². The highest BCUT2D eigenvalue weighted by Gasteiger charge is 2.08. The third-order valence-corrected chi connectivity index (χ3v) is 4.25. The number of carbonyl (C=O) groups is 1. The summed E-state index contributed by atoms with van der Waals surface area (Å²) >= 11 is 0. The van der Waals surface area contributed by atoms with Gasteiger partial charge >= 0.3 is 0 Å². The Morgan fingerprint density at radius 2 is 1.86 bits per heavy atom. The second-order valence-corrected chi connectivity index (χ2v) is 6.47. The van der Waals surface area contributed by atoms with Gasteiger partial charge in [0.2, 0.25) is 0 Å². The Morgan fingerprint density at radius 3 is 2.68 bits per heavy atom. The molecule has 2 aromatic heterocycles. The van der Waals surface area contributed by atoms with Crippen molar-refractivity contribution >= 4 is 17.2 Å². The third-order valence-electron chi connectivity index (χ3n) is 4.25. The van der Waals surface area contributed by atoms with Crippen LogP contribution in [0.4, 0.5) is 5.69 Å². The normalized spacial score (nSPS) is 10.8. The zero-order valence-corrected chi connectivity index (χ0v) is 15.6. The number of hydrogen-bond donors (Lipinski definition) is 1. The molecule has 0 aliphatic rings. The van der Waals surface area contributed by atoms with Crippen molar-refractivity contribution in [2.45, 2.75) is 13.8 Å². The van der Waals surface area contributed by atoms with Crippen molar-refractivity contribution in [3.05, 3.63) is 72.1 Å². The molecule has 0 radical (unpaired) electrons. The maximum Gasteiger partial charge on any atom is 0.262 e. The average molecular weight is 373 g/mol. The van der Waals surface area contributed by atoms with Gasteiger partial charge in [0.1, 0.15) is 5.75 Å². The van der Waals surface area contributed by atoms with Gasteiger partial charge in [0.05, 0.1) is 5.69 Å². The number of nitrogens with zero attached hydrogens (tertiary/aromatic N) is 4. The monoisotopic (exact) mass is 373 g/mol. The molecule has 4 aromatic rings. The van der Waals surface area contributed by atoms with E-state index in [0.717, 1.165) is 22.6 Å². The van der Waals surface area contributed by atoms with Crippen molar-refractivity contribution < 1.29 is 9.53 Å². The molecule has 140 valence electrons. The zero-order chi connectivity index (χ0) is 19.5. The minimum Gasteiger partial charge on any atom is -0.484 e. The van der Waals surface area contributed by atoms with Crippen molar-refractivity contribution in [3.8, 4) is 17.0 Å². The Morgan fingerprint density at radius 1 is 1.04 bits per heavy atom. The van der Waals surface area contributed by atoms with E-state index in [1.165, 1.54) is 0 Å². The minimum absolute atomic E-state index is 0.0581. The first-order valence-electron chi connectivity index (χ1n) is 8.87. The fraction of sp³-hybridized carbons (Fsp3) is 0.143. The van der Waals surface area contributed by atoms with Crippen LogP contribution in [0.2, 0.25) is 0 Å². The van der Waals surface area contributed by atoms with E-state index in [1.54, 1.807) is 4.52 Å². The van der Waals surface area contributed by atoms with E-state index in [2.05, 4.69) is 20.6 Å². The van der Waals surface area contributed by atoms with Crippen LogP contribution in [0.25, 0.3) is 16.9 Å². The number of amides is 1. The molecule has 2 heterocycles. The number of benzene rings is 2. The number of aromatic nitrogens is 4. The lowest BCUT2D eigenvalue weighted by Crippen LogP contribution is -2.20. The van der Waals surface area contributed by atoms with Crippen LogP contribution in [-0.2, 0) is 4.79 Å². The first-order chi connectivity index (χ1) is 13.6. The summed E-state index contributed by atoms with van der Waals surface area (Å²) < 4.78 is 7.21. The lowest BCUT2D eigenvalue weighted by atomic mass is 10.1. The average Bonchev–Trinajstić information content (AvgIpc) is 3.08. The molecule has 7 heteroatoms. The summed E-state index contributed by atoms with van der Waals surface area (Å²) in [5, 5.41) is 15.5. The van der Waals surface area contributed by atoms with Crippen LogP contribution >= 0.6 is 0 Å². The highest BCUT2D eigenvalue weighted by Crippen LogP contribution is 2.21. The first-order valence-corrected chi connectivity index (χ1v) is 8.87. The maximum atomic E-state index is 12.2. The van der Waals surface area contributed by atoms with Gasteiger partial charge in [-0.1, -0.05) is 29.8 Å². The Bertz CT molecular complexity index is 1140. The summed E-state index contributed by atoms with van der Waals surface area (Å²) in [6, 6.07) is 18.8. The standard InChI is InChI=1S/C21H19N5O2/c1-14-6-8-18(9-7-14)28-13-21(27)22-17-5-3-4-16(12-17)19-10-11-20-24-23-15(2)26(20)25-19/h3-12H,13H2,1-2H3,(H,22,27). The molecule has 28 heavy (non-hydrogen) atoms. The SMILES string of the molecule is Cc1ccc(OCC(=O)Nc2cccc(-c3ccc4nnc(C)n4n3)c2)cc1. The molecule has 1 amide bonds. The lowest BCUT2D eigenvalue weighted by molar-refractivity contribution is -0.118. The molecule has 1 N–H and O–H groups in total. The molecule has 0 fully saturated rings. The summed E-state index contributed by atoms with van der Waals surface area (Å²) in [4.78, 5) is 12.2. The largest absolute Gasteiger partial charge is 0.484 e. The first kappa shape index (κ1) is 17.7. The number of rotatable bonds is 5. The van der Waals surface area contributed by atoms with E-state index < -0.39 is 0 Å². The highest BCUT2D eigenvalue weighted by atomic mass is 16.5. The fourth-order valence-electron chi connectivity index (χ4n) is 2.79. The van der Waals surface area contributed by atoms with E-state index in [0.29, 0.717) is 17.1 Å². The van der Waals surface area contributed by atoms with Gasteiger partial charge in [0.15, 0.2) is 18.1 Å². The second-order valence-electron chi connectivity index (χ2n) is 6.47. The van der Waals surface area contributed by atoms with E-state index in [-0.39, 0.29) is 12.5 Å². The van der Waals surface area contributed by atoms with Crippen LogP contribution in [0.5, 0.6) is 5.75 Å². The van der Waals surface area contributed by atoms with Crippen LogP contribution in [0, 0.1) is 13.8 Å². The molecule has 0 atom stereocenters. The van der Waals surface area contributed by atoms with E-state index in [4.69, 9.17) is 4.74 Å². The fourth-order valence-corrected chi connectivity index (χ4v) is 2.79. The topological polar surface area (TPSA) is 81.4 Å². The van der Waals surface area contributed by atoms with Crippen molar-refractivity contribution in [3.63, 3.8) is 0 Å². The number of hydrogen-bond acceptors (Lipinski definition) is 5. The number of aryl methyl sites for hydroxylation is 2. The van der Waals surface area contributed by atoms with Gasteiger partial charge in [-0.15, -0.1) is 10.2 Å². The summed E-state index contributed by atoms with van der Waals surface area (Å²) in [6.07, 6.45) is 0. The zero-order valence-electron chi connectivity index (χ0n) is 15.6. The Hall–Kier alpha value is -3.74. The Kier molecular flexibility index (Phi) is 4.72. The van der Waals surface area contributed by atoms with Crippen LogP contribution < -0.4 is 10.1 Å². The molecule has 0 saturated heterocycles. The number of nitrogens with one attached hydrogen (secondary N) is 1. The summed E-state index contributed by atoms with van der Waals surface area (Å²) in [5.41, 5.74) is 4.16. The van der Waals surface area contributed by atoms with E-state index in [1.807, 2.05) is 74.5 Å². The number of ether oxygens (including phenoxy) is 1. The van der Waals surface area contributed by atoms with Gasteiger partial charge in [0, 0.05) is 11.3 Å². The molecule has 4 rings (SSSR count). The predicted molar refractivity (Wildman–Crippen MR) is 106 cm³/mol. The predicted octanol–water partition coefficient (Wildman–Crippen LogP) is 3.43. The molecule has 0 aliphatic carbocycles. The van der Waals surface area contributed by atoms with Gasteiger partial charge in [-0.2, -0.15) is 9.61 Å². The molecule has 0 aliphatic heterocycles. The molecule has 2 aromatic carbocycles. The van der Waals surface area contributed by atoms with Crippen molar-refractivity contribution in [1.29, 1.82) is 0 Å². The number of anilines is 1. The van der Waals surface area contributed by atoms with Gasteiger partial charge in [0.25, 0.3) is 5.91 Å². The van der Waals surface area contributed by atoms with E-state index in [9.17, 15) is 4.79 Å².